The smallest absolute Gasteiger partial charge is 0.0896 e. The lowest BCUT2D eigenvalue weighted by Gasteiger charge is -2.13. The molecule has 0 aliphatic rings. The van der Waals surface area contributed by atoms with Gasteiger partial charge in [0.1, 0.15) is 0 Å². The van der Waals surface area contributed by atoms with Crippen LogP contribution in [0.4, 0.5) is 0 Å². The summed E-state index contributed by atoms with van der Waals surface area (Å²) < 4.78 is 1.13. The summed E-state index contributed by atoms with van der Waals surface area (Å²) in [4.78, 5) is 5.63. The molecule has 0 aliphatic heterocycles. The van der Waals surface area contributed by atoms with Gasteiger partial charge in [-0.25, -0.2) is 4.98 Å². The van der Waals surface area contributed by atoms with Gasteiger partial charge in [0.2, 0.25) is 0 Å². The molecule has 18 heavy (non-hydrogen) atoms. The van der Waals surface area contributed by atoms with Crippen LogP contribution in [0.2, 0.25) is 0 Å². The Kier molecular flexibility index (Phi) is 4.92. The first-order valence-electron chi connectivity index (χ1n) is 6.03. The van der Waals surface area contributed by atoms with E-state index in [1.54, 1.807) is 11.3 Å². The number of halogens is 1. The first-order chi connectivity index (χ1) is 8.67. The molecule has 0 fully saturated rings. The predicted octanol–water partition coefficient (Wildman–Crippen LogP) is 3.57. The Morgan fingerprint density at radius 3 is 2.83 bits per heavy atom. The van der Waals surface area contributed by atoms with Crippen LogP contribution in [0.25, 0.3) is 0 Å². The van der Waals surface area contributed by atoms with Gasteiger partial charge in [0.05, 0.1) is 5.01 Å². The fraction of sp³-hybridized carbons (Fsp3) is 0.357. The molecule has 1 unspecified atom stereocenters. The van der Waals surface area contributed by atoms with Crippen molar-refractivity contribution in [3.63, 3.8) is 0 Å². The number of hydrogen-bond acceptors (Lipinski definition) is 3. The molecule has 1 heterocycles. The largest absolute Gasteiger partial charge is 0.330 e. The average molecular weight is 325 g/mol. The number of nitrogens with two attached hydrogens (primary N) is 1. The minimum atomic E-state index is 0.485. The first-order valence-corrected chi connectivity index (χ1v) is 7.64. The van der Waals surface area contributed by atoms with Gasteiger partial charge in [-0.15, -0.1) is 11.3 Å². The number of aromatic nitrogens is 1. The maximum absolute atomic E-state index is 5.89. The lowest BCUT2D eigenvalue weighted by Crippen LogP contribution is -2.19. The molecule has 0 saturated heterocycles. The molecule has 2 N–H and O–H groups in total. The van der Waals surface area contributed by atoms with Gasteiger partial charge >= 0.3 is 0 Å². The van der Waals surface area contributed by atoms with Crippen molar-refractivity contribution >= 4 is 27.3 Å². The summed E-state index contributed by atoms with van der Waals surface area (Å²) in [5.41, 5.74) is 7.22. The number of nitrogens with zero attached hydrogens (tertiary/aromatic N) is 1. The third kappa shape index (κ3) is 3.90. The summed E-state index contributed by atoms with van der Waals surface area (Å²) in [7, 11) is 0. The van der Waals surface area contributed by atoms with Gasteiger partial charge in [-0.2, -0.15) is 0 Å². The third-order valence-electron chi connectivity index (χ3n) is 2.91. The molecule has 0 amide bonds. The zero-order valence-corrected chi connectivity index (χ0v) is 12.8. The van der Waals surface area contributed by atoms with E-state index in [1.807, 2.05) is 19.2 Å². The Morgan fingerprint density at radius 2 is 2.22 bits per heavy atom. The molecule has 0 spiro atoms. The molecule has 1 aromatic carbocycles. The molecule has 0 saturated carbocycles. The highest BCUT2D eigenvalue weighted by molar-refractivity contribution is 9.10. The number of thiazole rings is 1. The quantitative estimate of drug-likeness (QED) is 0.913. The zero-order valence-electron chi connectivity index (χ0n) is 10.4. The van der Waals surface area contributed by atoms with Crippen molar-refractivity contribution in [2.75, 3.05) is 6.54 Å². The van der Waals surface area contributed by atoms with E-state index in [0.29, 0.717) is 12.5 Å². The molecule has 0 bridgehead atoms. The van der Waals surface area contributed by atoms with E-state index in [2.05, 4.69) is 39.1 Å². The van der Waals surface area contributed by atoms with Crippen molar-refractivity contribution < 1.29 is 0 Å². The second kappa shape index (κ2) is 6.45. The van der Waals surface area contributed by atoms with E-state index in [-0.39, 0.29) is 0 Å². The van der Waals surface area contributed by atoms with Gasteiger partial charge in [0, 0.05) is 15.5 Å². The first kappa shape index (κ1) is 13.7. The Hall–Kier alpha value is -0.710. The van der Waals surface area contributed by atoms with Crippen molar-refractivity contribution in [1.82, 2.24) is 4.98 Å². The summed E-state index contributed by atoms with van der Waals surface area (Å²) >= 11 is 5.27. The molecule has 0 radical (unpaired) electrons. The van der Waals surface area contributed by atoms with Crippen LogP contribution >= 0.6 is 27.3 Å². The second-order valence-electron chi connectivity index (χ2n) is 4.49. The summed E-state index contributed by atoms with van der Waals surface area (Å²) in [5, 5.41) is 1.13. The Labute approximate surface area is 120 Å². The van der Waals surface area contributed by atoms with E-state index in [9.17, 15) is 0 Å². The van der Waals surface area contributed by atoms with Crippen LogP contribution in [0, 0.1) is 12.8 Å². The molecule has 2 nitrogen and oxygen atoms in total. The lowest BCUT2D eigenvalue weighted by atomic mass is 9.96. The number of hydrogen-bond donors (Lipinski definition) is 1. The van der Waals surface area contributed by atoms with E-state index in [4.69, 9.17) is 5.73 Å². The van der Waals surface area contributed by atoms with E-state index >= 15 is 0 Å². The highest BCUT2D eigenvalue weighted by atomic mass is 79.9. The molecule has 0 aliphatic carbocycles. The van der Waals surface area contributed by atoms with Crippen molar-refractivity contribution in [2.45, 2.75) is 19.8 Å². The minimum Gasteiger partial charge on any atom is -0.330 e. The highest BCUT2D eigenvalue weighted by Crippen LogP contribution is 2.20. The Balaban J connectivity index is 2.01. The van der Waals surface area contributed by atoms with E-state index in [0.717, 1.165) is 22.3 Å². The van der Waals surface area contributed by atoms with Crippen molar-refractivity contribution in [1.29, 1.82) is 0 Å². The second-order valence-corrected chi connectivity index (χ2v) is 6.72. The van der Waals surface area contributed by atoms with Gasteiger partial charge < -0.3 is 5.73 Å². The summed E-state index contributed by atoms with van der Waals surface area (Å²) in [5.74, 6) is 0.485. The molecule has 2 aromatic rings. The summed E-state index contributed by atoms with van der Waals surface area (Å²) in [6.07, 6.45) is 4.02. The monoisotopic (exact) mass is 324 g/mol. The number of benzene rings is 1. The summed E-state index contributed by atoms with van der Waals surface area (Å²) in [6.45, 7) is 2.75. The molecule has 1 atom stereocenters. The van der Waals surface area contributed by atoms with Crippen LogP contribution in [-0.2, 0) is 12.8 Å². The Morgan fingerprint density at radius 1 is 1.39 bits per heavy atom. The SMILES string of the molecule is Cc1ncc(CC(CN)Cc2cccc(Br)c2)s1. The molecular formula is C14H17BrN2S. The Bertz CT molecular complexity index is 510. The topological polar surface area (TPSA) is 38.9 Å². The van der Waals surface area contributed by atoms with Gasteiger partial charge in [0.25, 0.3) is 0 Å². The predicted molar refractivity (Wildman–Crippen MR) is 80.9 cm³/mol. The van der Waals surface area contributed by atoms with Gasteiger partial charge in [0.15, 0.2) is 0 Å². The molecule has 4 heteroatoms. The minimum absolute atomic E-state index is 0.485. The average Bonchev–Trinajstić information content (AvgIpc) is 2.74. The van der Waals surface area contributed by atoms with Crippen LogP contribution < -0.4 is 5.73 Å². The van der Waals surface area contributed by atoms with Gasteiger partial charge in [-0.1, -0.05) is 28.1 Å². The third-order valence-corrected chi connectivity index (χ3v) is 4.33. The number of aryl methyl sites for hydroxylation is 1. The van der Waals surface area contributed by atoms with Crippen molar-refractivity contribution in [2.24, 2.45) is 11.7 Å². The highest BCUT2D eigenvalue weighted by Gasteiger charge is 2.11. The fourth-order valence-corrected chi connectivity index (χ4v) is 3.38. The maximum atomic E-state index is 5.89. The van der Waals surface area contributed by atoms with Crippen LogP contribution in [0.3, 0.4) is 0 Å². The standard InChI is InChI=1S/C14H17BrN2S/c1-10-17-9-14(18-10)7-12(8-16)5-11-3-2-4-13(15)6-11/h2-4,6,9,12H,5,7-8,16H2,1H3. The van der Waals surface area contributed by atoms with E-state index in [1.165, 1.54) is 10.4 Å². The van der Waals surface area contributed by atoms with Crippen molar-refractivity contribution in [3.8, 4) is 0 Å². The molecule has 2 rings (SSSR count). The van der Waals surface area contributed by atoms with Crippen LogP contribution in [0.1, 0.15) is 15.4 Å². The normalized spacial score (nSPS) is 12.6. The van der Waals surface area contributed by atoms with Gasteiger partial charge in [-0.05, 0) is 49.9 Å². The summed E-state index contributed by atoms with van der Waals surface area (Å²) in [6, 6.07) is 8.45. The van der Waals surface area contributed by atoms with Gasteiger partial charge in [-0.3, -0.25) is 0 Å². The van der Waals surface area contributed by atoms with Crippen molar-refractivity contribution in [3.05, 3.63) is 50.4 Å². The van der Waals surface area contributed by atoms with Crippen LogP contribution in [0.5, 0.6) is 0 Å². The molecule has 1 aromatic heterocycles. The zero-order chi connectivity index (χ0) is 13.0. The maximum Gasteiger partial charge on any atom is 0.0896 e. The molecular weight excluding hydrogens is 308 g/mol. The van der Waals surface area contributed by atoms with Crippen LogP contribution in [-0.4, -0.2) is 11.5 Å². The molecule has 96 valence electrons. The number of rotatable bonds is 5. The van der Waals surface area contributed by atoms with E-state index < -0.39 is 0 Å². The fourth-order valence-electron chi connectivity index (χ4n) is 2.02. The lowest BCUT2D eigenvalue weighted by molar-refractivity contribution is 0.537. The van der Waals surface area contributed by atoms with Crippen LogP contribution in [0.15, 0.2) is 34.9 Å².